The largest absolute Gasteiger partial charge is 0.426 e. The van der Waals surface area contributed by atoms with Crippen LogP contribution < -0.4 is 5.32 Å². The number of aromatic nitrogens is 2. The van der Waals surface area contributed by atoms with Crippen LogP contribution in [0.1, 0.15) is 11.1 Å². The first-order chi connectivity index (χ1) is 15.3. The van der Waals surface area contributed by atoms with Crippen LogP contribution in [0, 0.1) is 22.9 Å². The van der Waals surface area contributed by atoms with Gasteiger partial charge in [0.05, 0.1) is 10.4 Å². The number of halogens is 1. The quantitative estimate of drug-likeness (QED) is 0.201. The van der Waals surface area contributed by atoms with Gasteiger partial charge in [-0.2, -0.15) is 4.73 Å². The molecular formula is C23H17FN4O4. The Hall–Kier alpha value is -4.53. The molecule has 2 N–H and O–H groups in total. The third-order valence-electron chi connectivity index (χ3n) is 4.86. The summed E-state index contributed by atoms with van der Waals surface area (Å²) >= 11 is 0. The normalized spacial score (nSPS) is 11.2. The van der Waals surface area contributed by atoms with Crippen LogP contribution in [0.2, 0.25) is 0 Å². The van der Waals surface area contributed by atoms with Gasteiger partial charge in [0, 0.05) is 29.5 Å². The van der Waals surface area contributed by atoms with Gasteiger partial charge < -0.3 is 10.5 Å². The number of nitrogens with one attached hydrogen (secondary N) is 1. The van der Waals surface area contributed by atoms with Crippen molar-refractivity contribution < 1.29 is 19.3 Å². The van der Waals surface area contributed by atoms with Crippen molar-refractivity contribution in [3.63, 3.8) is 0 Å². The van der Waals surface area contributed by atoms with Crippen molar-refractivity contribution in [2.24, 2.45) is 0 Å². The number of nitrogens with zero attached hydrogens (tertiary/aromatic N) is 3. The maximum Gasteiger partial charge on any atom is 0.271 e. The average Bonchev–Trinajstić information content (AvgIpc) is 3.10. The summed E-state index contributed by atoms with van der Waals surface area (Å²) in [6.45, 7) is 1.79. The van der Waals surface area contributed by atoms with E-state index in [1.165, 1.54) is 36.4 Å². The topological polar surface area (TPSA) is 110 Å². The molecule has 1 aromatic heterocycles. The summed E-state index contributed by atoms with van der Waals surface area (Å²) in [4.78, 5) is 27.0. The fraction of sp³-hybridized carbons (Fsp3) is 0.0435. The summed E-state index contributed by atoms with van der Waals surface area (Å²) < 4.78 is 13.8. The highest BCUT2D eigenvalue weighted by atomic mass is 19.1. The van der Waals surface area contributed by atoms with Gasteiger partial charge in [0.2, 0.25) is 5.91 Å². The highest BCUT2D eigenvalue weighted by molar-refractivity contribution is 6.02. The van der Waals surface area contributed by atoms with E-state index in [-0.39, 0.29) is 28.8 Å². The van der Waals surface area contributed by atoms with Crippen LogP contribution in [0.15, 0.2) is 66.7 Å². The Morgan fingerprint density at radius 3 is 2.59 bits per heavy atom. The van der Waals surface area contributed by atoms with E-state index in [0.717, 1.165) is 10.3 Å². The molecule has 0 atom stereocenters. The van der Waals surface area contributed by atoms with Crippen LogP contribution in [0.5, 0.6) is 0 Å². The molecule has 160 valence electrons. The number of aryl methyl sites for hydroxylation is 1. The summed E-state index contributed by atoms with van der Waals surface area (Å²) in [7, 11) is 0. The van der Waals surface area contributed by atoms with Crippen molar-refractivity contribution in [2.45, 2.75) is 6.92 Å². The molecule has 4 aromatic rings. The molecule has 3 aromatic carbocycles. The van der Waals surface area contributed by atoms with Crippen LogP contribution in [-0.4, -0.2) is 25.8 Å². The second-order valence-electron chi connectivity index (χ2n) is 7.08. The Kier molecular flexibility index (Phi) is 5.38. The van der Waals surface area contributed by atoms with Crippen molar-refractivity contribution in [1.29, 1.82) is 0 Å². The lowest BCUT2D eigenvalue weighted by molar-refractivity contribution is -0.384. The van der Waals surface area contributed by atoms with Gasteiger partial charge in [-0.1, -0.05) is 12.1 Å². The first kappa shape index (κ1) is 20.7. The van der Waals surface area contributed by atoms with Crippen LogP contribution in [0.25, 0.3) is 28.5 Å². The van der Waals surface area contributed by atoms with E-state index in [1.807, 2.05) is 0 Å². The number of rotatable bonds is 5. The van der Waals surface area contributed by atoms with Crippen LogP contribution in [0.3, 0.4) is 0 Å². The summed E-state index contributed by atoms with van der Waals surface area (Å²) in [6, 6.07) is 14.9. The molecule has 0 saturated carbocycles. The minimum atomic E-state index is -0.543. The number of nitro groups is 1. The first-order valence-corrected chi connectivity index (χ1v) is 9.53. The van der Waals surface area contributed by atoms with Crippen molar-refractivity contribution in [3.05, 3.63) is 93.8 Å². The van der Waals surface area contributed by atoms with E-state index in [9.17, 15) is 24.5 Å². The van der Waals surface area contributed by atoms with Crippen molar-refractivity contribution in [1.82, 2.24) is 9.71 Å². The van der Waals surface area contributed by atoms with Gasteiger partial charge in [0.25, 0.3) is 5.69 Å². The molecule has 4 rings (SSSR count). The van der Waals surface area contributed by atoms with E-state index in [1.54, 1.807) is 43.3 Å². The molecule has 0 radical (unpaired) electrons. The number of carbonyl (C=O) groups is 1. The molecule has 32 heavy (non-hydrogen) atoms. The lowest BCUT2D eigenvalue weighted by atomic mass is 10.1. The second-order valence-corrected chi connectivity index (χ2v) is 7.08. The first-order valence-electron chi connectivity index (χ1n) is 9.53. The van der Waals surface area contributed by atoms with Crippen LogP contribution in [-0.2, 0) is 4.79 Å². The highest BCUT2D eigenvalue weighted by Crippen LogP contribution is 2.28. The molecule has 0 aliphatic rings. The predicted molar refractivity (Wildman–Crippen MR) is 118 cm³/mol. The number of fused-ring (bicyclic) bond motifs is 1. The molecule has 0 aliphatic carbocycles. The maximum atomic E-state index is 13.0. The molecule has 0 aliphatic heterocycles. The van der Waals surface area contributed by atoms with Gasteiger partial charge in [-0.25, -0.2) is 9.37 Å². The van der Waals surface area contributed by atoms with E-state index in [0.29, 0.717) is 22.3 Å². The molecule has 1 amide bonds. The smallest absolute Gasteiger partial charge is 0.271 e. The SMILES string of the molecule is Cc1cc(-c2nc3ccc([N+](=O)[O-])cc3n2O)ccc1NC(=O)/C=C/c1ccc(F)cc1. The fourth-order valence-corrected chi connectivity index (χ4v) is 3.22. The number of hydrogen-bond acceptors (Lipinski definition) is 5. The highest BCUT2D eigenvalue weighted by Gasteiger charge is 2.16. The van der Waals surface area contributed by atoms with Gasteiger partial charge in [-0.3, -0.25) is 14.9 Å². The Labute approximate surface area is 181 Å². The number of imidazole rings is 1. The lowest BCUT2D eigenvalue weighted by Gasteiger charge is -2.09. The number of carbonyl (C=O) groups excluding carboxylic acids is 1. The van der Waals surface area contributed by atoms with E-state index < -0.39 is 4.92 Å². The monoisotopic (exact) mass is 432 g/mol. The Balaban J connectivity index is 1.55. The molecule has 9 heteroatoms. The molecule has 0 spiro atoms. The molecule has 0 saturated heterocycles. The standard InChI is InChI=1S/C23H17FN4O4/c1-14-12-16(23-26-20-10-8-18(28(31)32)13-21(20)27(23)30)5-9-19(14)25-22(29)11-4-15-2-6-17(24)7-3-15/h2-13,30H,1H3,(H,25,29)/b11-4+. The van der Waals surface area contributed by atoms with Crippen LogP contribution in [0.4, 0.5) is 15.8 Å². The molecule has 0 unspecified atom stereocenters. The number of benzene rings is 3. The van der Waals surface area contributed by atoms with Crippen LogP contribution >= 0.6 is 0 Å². The molecule has 0 bridgehead atoms. The minimum absolute atomic E-state index is 0.151. The predicted octanol–water partition coefficient (Wildman–Crippen LogP) is 4.95. The number of anilines is 1. The Bertz CT molecular complexity index is 1380. The molecule has 0 fully saturated rings. The zero-order chi connectivity index (χ0) is 22.8. The third kappa shape index (κ3) is 4.17. The van der Waals surface area contributed by atoms with Crippen molar-refractivity contribution in [3.8, 4) is 11.4 Å². The number of hydrogen-bond donors (Lipinski definition) is 2. The molecule has 1 heterocycles. The number of non-ortho nitro benzene ring substituents is 1. The fourth-order valence-electron chi connectivity index (χ4n) is 3.22. The van der Waals surface area contributed by atoms with Gasteiger partial charge in [0.15, 0.2) is 5.82 Å². The number of nitro benzene ring substituents is 1. The molecular weight excluding hydrogens is 415 g/mol. The number of amides is 1. The lowest BCUT2D eigenvalue weighted by Crippen LogP contribution is -2.09. The molecule has 8 nitrogen and oxygen atoms in total. The Morgan fingerprint density at radius 2 is 1.91 bits per heavy atom. The van der Waals surface area contributed by atoms with Crippen molar-refractivity contribution >= 4 is 34.4 Å². The van der Waals surface area contributed by atoms with Gasteiger partial charge in [-0.15, -0.1) is 0 Å². The summed E-state index contributed by atoms with van der Waals surface area (Å²) in [5.74, 6) is -0.485. The van der Waals surface area contributed by atoms with E-state index in [2.05, 4.69) is 10.3 Å². The van der Waals surface area contributed by atoms with E-state index >= 15 is 0 Å². The second kappa shape index (κ2) is 8.31. The van der Waals surface area contributed by atoms with E-state index in [4.69, 9.17) is 0 Å². The zero-order valence-electron chi connectivity index (χ0n) is 16.8. The third-order valence-corrected chi connectivity index (χ3v) is 4.86. The van der Waals surface area contributed by atoms with Gasteiger partial charge in [0.1, 0.15) is 11.3 Å². The minimum Gasteiger partial charge on any atom is -0.426 e. The van der Waals surface area contributed by atoms with Gasteiger partial charge >= 0.3 is 0 Å². The summed E-state index contributed by atoms with van der Waals surface area (Å²) in [5.41, 5.74) is 3.04. The summed E-state index contributed by atoms with van der Waals surface area (Å²) in [5, 5.41) is 24.2. The average molecular weight is 432 g/mol. The maximum absolute atomic E-state index is 13.0. The summed E-state index contributed by atoms with van der Waals surface area (Å²) in [6.07, 6.45) is 2.92. The Morgan fingerprint density at radius 1 is 1.16 bits per heavy atom. The van der Waals surface area contributed by atoms with Gasteiger partial charge in [-0.05, 0) is 60.5 Å². The van der Waals surface area contributed by atoms with Crippen molar-refractivity contribution in [2.75, 3.05) is 5.32 Å². The zero-order valence-corrected chi connectivity index (χ0v) is 16.8.